The van der Waals surface area contributed by atoms with E-state index in [1.165, 1.54) is 23.1 Å². The van der Waals surface area contributed by atoms with Crippen molar-refractivity contribution in [2.75, 3.05) is 11.1 Å². The minimum Gasteiger partial charge on any atom is -0.305 e. The van der Waals surface area contributed by atoms with Crippen LogP contribution in [-0.2, 0) is 11.8 Å². The molecule has 0 radical (unpaired) electrons. The van der Waals surface area contributed by atoms with Crippen molar-refractivity contribution in [3.8, 4) is 22.6 Å². The fourth-order valence-corrected chi connectivity index (χ4v) is 4.56. The second-order valence-corrected chi connectivity index (χ2v) is 9.33. The summed E-state index contributed by atoms with van der Waals surface area (Å²) in [6.45, 7) is 2.04. The molecule has 2 aromatic heterocycles. The summed E-state index contributed by atoms with van der Waals surface area (Å²) >= 11 is 6.18. The van der Waals surface area contributed by atoms with Gasteiger partial charge in [-0.3, -0.25) is 4.79 Å². The standard InChI is InChI=1S/C21H18BrN5OS2/c1-13-4-3-5-15(10-13)19-25-26-21(27(19)2)30-12-18(28)24-20-23-17(11-29-20)14-6-8-16(22)9-7-14/h3-11H,12H2,1-2H3,(H,23,24,28). The Hall–Kier alpha value is -2.49. The van der Waals surface area contributed by atoms with Crippen LogP contribution < -0.4 is 5.32 Å². The van der Waals surface area contributed by atoms with E-state index < -0.39 is 0 Å². The highest BCUT2D eigenvalue weighted by Crippen LogP contribution is 2.27. The Morgan fingerprint density at radius 1 is 1.17 bits per heavy atom. The van der Waals surface area contributed by atoms with E-state index in [2.05, 4.69) is 42.5 Å². The summed E-state index contributed by atoms with van der Waals surface area (Å²) in [5.41, 5.74) is 4.01. The van der Waals surface area contributed by atoms with E-state index in [1.54, 1.807) is 0 Å². The van der Waals surface area contributed by atoms with Gasteiger partial charge in [-0.25, -0.2) is 4.98 Å². The van der Waals surface area contributed by atoms with Gasteiger partial charge < -0.3 is 9.88 Å². The van der Waals surface area contributed by atoms with Gasteiger partial charge >= 0.3 is 0 Å². The zero-order chi connectivity index (χ0) is 21.1. The molecule has 0 aliphatic carbocycles. The Kier molecular flexibility index (Phi) is 6.31. The Balaban J connectivity index is 1.37. The number of halogens is 1. The van der Waals surface area contributed by atoms with Crippen molar-refractivity contribution >= 4 is 50.1 Å². The second-order valence-electron chi connectivity index (χ2n) is 6.62. The van der Waals surface area contributed by atoms with Crippen molar-refractivity contribution < 1.29 is 4.79 Å². The molecule has 30 heavy (non-hydrogen) atoms. The Morgan fingerprint density at radius 3 is 2.73 bits per heavy atom. The lowest BCUT2D eigenvalue weighted by molar-refractivity contribution is -0.113. The molecule has 2 aromatic carbocycles. The van der Waals surface area contributed by atoms with Crippen LogP contribution in [0.25, 0.3) is 22.6 Å². The van der Waals surface area contributed by atoms with Gasteiger partial charge in [0.2, 0.25) is 5.91 Å². The van der Waals surface area contributed by atoms with Crippen molar-refractivity contribution in [3.05, 3.63) is 63.9 Å². The van der Waals surface area contributed by atoms with Crippen LogP contribution in [0.3, 0.4) is 0 Å². The number of amides is 1. The number of rotatable bonds is 6. The van der Waals surface area contributed by atoms with Crippen LogP contribution in [0, 0.1) is 6.92 Å². The zero-order valence-electron chi connectivity index (χ0n) is 16.3. The van der Waals surface area contributed by atoms with Gasteiger partial charge in [-0.15, -0.1) is 21.5 Å². The molecule has 4 rings (SSSR count). The summed E-state index contributed by atoms with van der Waals surface area (Å²) in [4.78, 5) is 16.9. The van der Waals surface area contributed by atoms with Crippen LogP contribution >= 0.6 is 39.0 Å². The highest BCUT2D eigenvalue weighted by atomic mass is 79.9. The predicted octanol–water partition coefficient (Wildman–Crippen LogP) is 5.41. The quantitative estimate of drug-likeness (QED) is 0.359. The molecule has 2 heterocycles. The SMILES string of the molecule is Cc1cccc(-c2nnc(SCC(=O)Nc3nc(-c4ccc(Br)cc4)cs3)n2C)c1. The average molecular weight is 500 g/mol. The Labute approximate surface area is 190 Å². The highest BCUT2D eigenvalue weighted by Gasteiger charge is 2.14. The molecule has 0 spiro atoms. The molecule has 0 aliphatic rings. The van der Waals surface area contributed by atoms with Gasteiger partial charge in [0, 0.05) is 28.0 Å². The van der Waals surface area contributed by atoms with Crippen LogP contribution in [0.2, 0.25) is 0 Å². The van der Waals surface area contributed by atoms with E-state index in [0.29, 0.717) is 10.3 Å². The predicted molar refractivity (Wildman–Crippen MR) is 126 cm³/mol. The molecular weight excluding hydrogens is 482 g/mol. The molecule has 1 N–H and O–H groups in total. The monoisotopic (exact) mass is 499 g/mol. The molecular formula is C21H18BrN5OS2. The van der Waals surface area contributed by atoms with E-state index in [1.807, 2.05) is 66.4 Å². The number of thioether (sulfide) groups is 1. The smallest absolute Gasteiger partial charge is 0.236 e. The van der Waals surface area contributed by atoms with Crippen molar-refractivity contribution in [2.24, 2.45) is 7.05 Å². The molecule has 0 unspecified atom stereocenters. The first-order valence-corrected chi connectivity index (χ1v) is 11.8. The second kappa shape index (κ2) is 9.11. The molecule has 0 fully saturated rings. The summed E-state index contributed by atoms with van der Waals surface area (Å²) in [5.74, 6) is 0.880. The lowest BCUT2D eigenvalue weighted by Crippen LogP contribution is -2.14. The third kappa shape index (κ3) is 4.80. The maximum Gasteiger partial charge on any atom is 0.236 e. The summed E-state index contributed by atoms with van der Waals surface area (Å²) in [5, 5.41) is 14.6. The number of thiazole rings is 1. The van der Waals surface area contributed by atoms with Gasteiger partial charge in [-0.05, 0) is 25.1 Å². The molecule has 0 bridgehead atoms. The summed E-state index contributed by atoms with van der Waals surface area (Å²) in [6, 6.07) is 16.0. The van der Waals surface area contributed by atoms with Crippen LogP contribution in [-0.4, -0.2) is 31.4 Å². The Morgan fingerprint density at radius 2 is 1.97 bits per heavy atom. The van der Waals surface area contributed by atoms with Crippen molar-refractivity contribution in [2.45, 2.75) is 12.1 Å². The molecule has 9 heteroatoms. The largest absolute Gasteiger partial charge is 0.305 e. The lowest BCUT2D eigenvalue weighted by atomic mass is 10.1. The fraction of sp³-hybridized carbons (Fsp3) is 0.143. The van der Waals surface area contributed by atoms with Gasteiger partial charge in [0.25, 0.3) is 0 Å². The maximum atomic E-state index is 12.4. The number of hydrogen-bond donors (Lipinski definition) is 1. The molecule has 0 saturated heterocycles. The van der Waals surface area contributed by atoms with E-state index in [0.717, 1.165) is 32.7 Å². The number of carbonyl (C=O) groups excluding carboxylic acids is 1. The number of aryl methyl sites for hydroxylation is 1. The van der Waals surface area contributed by atoms with Crippen molar-refractivity contribution in [1.82, 2.24) is 19.7 Å². The van der Waals surface area contributed by atoms with Crippen molar-refractivity contribution in [1.29, 1.82) is 0 Å². The minimum absolute atomic E-state index is 0.128. The average Bonchev–Trinajstić information content (AvgIpc) is 3.34. The van der Waals surface area contributed by atoms with Crippen LogP contribution in [0.15, 0.2) is 63.5 Å². The van der Waals surface area contributed by atoms with Gasteiger partial charge in [0.1, 0.15) is 0 Å². The fourth-order valence-electron chi connectivity index (χ4n) is 2.85. The molecule has 0 atom stereocenters. The highest BCUT2D eigenvalue weighted by molar-refractivity contribution is 9.10. The first kappa shape index (κ1) is 20.8. The van der Waals surface area contributed by atoms with Crippen molar-refractivity contribution in [3.63, 3.8) is 0 Å². The molecule has 152 valence electrons. The van der Waals surface area contributed by atoms with Crippen LogP contribution in [0.1, 0.15) is 5.56 Å². The number of nitrogens with zero attached hydrogens (tertiary/aromatic N) is 4. The van der Waals surface area contributed by atoms with Gasteiger partial charge in [-0.2, -0.15) is 0 Å². The van der Waals surface area contributed by atoms with Crippen LogP contribution in [0.4, 0.5) is 5.13 Å². The normalized spacial score (nSPS) is 10.9. The molecule has 0 aliphatic heterocycles. The van der Waals surface area contributed by atoms with E-state index in [9.17, 15) is 4.79 Å². The summed E-state index contributed by atoms with van der Waals surface area (Å²) in [7, 11) is 1.91. The molecule has 1 amide bonds. The topological polar surface area (TPSA) is 72.7 Å². The third-order valence-corrected chi connectivity index (χ3v) is 6.64. The Bertz CT molecular complexity index is 1190. The molecule has 4 aromatic rings. The number of aromatic nitrogens is 4. The van der Waals surface area contributed by atoms with Gasteiger partial charge in [0.05, 0.1) is 11.4 Å². The number of nitrogens with one attached hydrogen (secondary N) is 1. The number of hydrogen-bond acceptors (Lipinski definition) is 6. The summed E-state index contributed by atoms with van der Waals surface area (Å²) in [6.07, 6.45) is 0. The zero-order valence-corrected chi connectivity index (χ0v) is 19.5. The minimum atomic E-state index is -0.128. The van der Waals surface area contributed by atoms with Gasteiger partial charge in [0.15, 0.2) is 16.1 Å². The molecule has 6 nitrogen and oxygen atoms in total. The third-order valence-electron chi connectivity index (χ3n) is 4.33. The summed E-state index contributed by atoms with van der Waals surface area (Å²) < 4.78 is 2.92. The van der Waals surface area contributed by atoms with E-state index >= 15 is 0 Å². The van der Waals surface area contributed by atoms with E-state index in [4.69, 9.17) is 0 Å². The van der Waals surface area contributed by atoms with E-state index in [-0.39, 0.29) is 11.7 Å². The van der Waals surface area contributed by atoms with Gasteiger partial charge in [-0.1, -0.05) is 63.6 Å². The molecule has 0 saturated carbocycles. The first-order valence-electron chi connectivity index (χ1n) is 9.10. The lowest BCUT2D eigenvalue weighted by Gasteiger charge is -2.05. The number of anilines is 1. The first-order chi connectivity index (χ1) is 14.5. The maximum absolute atomic E-state index is 12.4. The number of carbonyl (C=O) groups is 1. The van der Waals surface area contributed by atoms with Crippen LogP contribution in [0.5, 0.6) is 0 Å². The number of benzene rings is 2.